The number of rotatable bonds is 4. The van der Waals surface area contributed by atoms with Crippen LogP contribution < -0.4 is 11.2 Å². The number of nitrogens with one attached hydrogen (secondary N) is 1. The van der Waals surface area contributed by atoms with Gasteiger partial charge in [0.05, 0.1) is 12.0 Å². The van der Waals surface area contributed by atoms with Crippen LogP contribution in [0.4, 0.5) is 0 Å². The third kappa shape index (κ3) is 2.19. The second kappa shape index (κ2) is 4.58. The average molecular weight is 186 g/mol. The van der Waals surface area contributed by atoms with E-state index in [-0.39, 0.29) is 11.3 Å². The first-order valence-electron chi connectivity index (χ1n) is 4.87. The number of hydroxylamine groups is 1. The van der Waals surface area contributed by atoms with Crippen LogP contribution in [0.1, 0.15) is 32.6 Å². The Labute approximate surface area is 78.8 Å². The van der Waals surface area contributed by atoms with Crippen molar-refractivity contribution < 1.29 is 9.63 Å². The predicted octanol–water partition coefficient (Wildman–Crippen LogP) is 0.573. The molecule has 0 aromatic rings. The zero-order valence-electron chi connectivity index (χ0n) is 8.14. The summed E-state index contributed by atoms with van der Waals surface area (Å²) >= 11 is 0. The summed E-state index contributed by atoms with van der Waals surface area (Å²) in [6, 6.07) is 0. The molecule has 1 amide bonds. The highest BCUT2D eigenvalue weighted by Crippen LogP contribution is 2.37. The minimum atomic E-state index is -0.352. The number of nitrogens with two attached hydrogens (primary N) is 1. The van der Waals surface area contributed by atoms with Crippen molar-refractivity contribution in [3.8, 4) is 0 Å². The highest BCUT2D eigenvalue weighted by molar-refractivity contribution is 5.82. The summed E-state index contributed by atoms with van der Waals surface area (Å²) in [7, 11) is 0. The lowest BCUT2D eigenvalue weighted by molar-refractivity contribution is -0.143. The van der Waals surface area contributed by atoms with Gasteiger partial charge in [0.2, 0.25) is 0 Å². The van der Waals surface area contributed by atoms with Gasteiger partial charge in [-0.05, 0) is 19.8 Å². The molecule has 1 fully saturated rings. The molecule has 0 saturated heterocycles. The molecule has 1 aliphatic rings. The number of carbonyl (C=O) groups is 1. The maximum Gasteiger partial charge on any atom is 0.251 e. The largest absolute Gasteiger partial charge is 0.329 e. The summed E-state index contributed by atoms with van der Waals surface area (Å²) in [5, 5.41) is 0. The van der Waals surface area contributed by atoms with E-state index in [9.17, 15) is 4.79 Å². The predicted molar refractivity (Wildman–Crippen MR) is 49.7 cm³/mol. The molecule has 0 spiro atoms. The van der Waals surface area contributed by atoms with E-state index >= 15 is 0 Å². The average Bonchev–Trinajstić information content (AvgIpc) is 2.63. The van der Waals surface area contributed by atoms with Gasteiger partial charge < -0.3 is 5.73 Å². The van der Waals surface area contributed by atoms with Crippen molar-refractivity contribution in [2.75, 3.05) is 13.2 Å². The molecule has 1 saturated carbocycles. The highest BCUT2D eigenvalue weighted by atomic mass is 16.6. The van der Waals surface area contributed by atoms with Gasteiger partial charge in [0.25, 0.3) is 5.91 Å². The van der Waals surface area contributed by atoms with Crippen molar-refractivity contribution in [2.45, 2.75) is 32.6 Å². The second-order valence-corrected chi connectivity index (χ2v) is 3.56. The van der Waals surface area contributed by atoms with Crippen molar-refractivity contribution in [1.82, 2.24) is 5.48 Å². The van der Waals surface area contributed by atoms with Crippen LogP contribution in [0.3, 0.4) is 0 Å². The molecule has 1 aliphatic carbocycles. The zero-order valence-corrected chi connectivity index (χ0v) is 8.14. The van der Waals surface area contributed by atoms with E-state index in [1.54, 1.807) is 0 Å². The zero-order chi connectivity index (χ0) is 9.73. The Morgan fingerprint density at radius 1 is 1.54 bits per heavy atom. The minimum absolute atomic E-state index is 0.0469. The Balaban J connectivity index is 2.49. The molecule has 0 unspecified atom stereocenters. The Kier molecular flexibility index (Phi) is 3.69. The van der Waals surface area contributed by atoms with Crippen LogP contribution in [-0.4, -0.2) is 19.1 Å². The van der Waals surface area contributed by atoms with Crippen LogP contribution in [0, 0.1) is 5.41 Å². The second-order valence-electron chi connectivity index (χ2n) is 3.56. The number of hydrogen-bond acceptors (Lipinski definition) is 3. The van der Waals surface area contributed by atoms with Gasteiger partial charge in [-0.3, -0.25) is 9.63 Å². The van der Waals surface area contributed by atoms with Gasteiger partial charge in [0.1, 0.15) is 0 Å². The monoisotopic (exact) mass is 186 g/mol. The van der Waals surface area contributed by atoms with E-state index in [0.29, 0.717) is 13.2 Å². The number of amides is 1. The van der Waals surface area contributed by atoms with Crippen LogP contribution in [0.25, 0.3) is 0 Å². The van der Waals surface area contributed by atoms with Crippen molar-refractivity contribution in [3.63, 3.8) is 0 Å². The molecular formula is C9H18N2O2. The molecule has 0 bridgehead atoms. The van der Waals surface area contributed by atoms with Crippen LogP contribution in [-0.2, 0) is 9.63 Å². The fourth-order valence-corrected chi connectivity index (χ4v) is 1.82. The van der Waals surface area contributed by atoms with E-state index in [2.05, 4.69) is 5.48 Å². The molecule has 0 atom stereocenters. The van der Waals surface area contributed by atoms with Crippen molar-refractivity contribution in [3.05, 3.63) is 0 Å². The van der Waals surface area contributed by atoms with Gasteiger partial charge in [0, 0.05) is 6.54 Å². The molecule has 4 heteroatoms. The van der Waals surface area contributed by atoms with Crippen molar-refractivity contribution in [2.24, 2.45) is 11.1 Å². The number of carbonyl (C=O) groups excluding carboxylic acids is 1. The highest BCUT2D eigenvalue weighted by Gasteiger charge is 2.39. The van der Waals surface area contributed by atoms with E-state index < -0.39 is 0 Å². The van der Waals surface area contributed by atoms with Crippen LogP contribution in [0.2, 0.25) is 0 Å². The summed E-state index contributed by atoms with van der Waals surface area (Å²) in [4.78, 5) is 16.5. The third-order valence-electron chi connectivity index (χ3n) is 2.74. The summed E-state index contributed by atoms with van der Waals surface area (Å²) in [5.41, 5.74) is 7.72. The molecule has 0 heterocycles. The lowest BCUT2D eigenvalue weighted by Gasteiger charge is -2.24. The Bertz CT molecular complexity index is 176. The summed E-state index contributed by atoms with van der Waals surface area (Å²) < 4.78 is 0. The van der Waals surface area contributed by atoms with E-state index in [4.69, 9.17) is 10.6 Å². The van der Waals surface area contributed by atoms with Gasteiger partial charge >= 0.3 is 0 Å². The molecule has 1 rings (SSSR count). The summed E-state index contributed by atoms with van der Waals surface area (Å²) in [5.74, 6) is -0.0469. The van der Waals surface area contributed by atoms with Gasteiger partial charge in [0.15, 0.2) is 0 Å². The van der Waals surface area contributed by atoms with Crippen LogP contribution in [0.15, 0.2) is 0 Å². The smallest absolute Gasteiger partial charge is 0.251 e. The molecule has 0 aliphatic heterocycles. The fourth-order valence-electron chi connectivity index (χ4n) is 1.82. The lowest BCUT2D eigenvalue weighted by Crippen LogP contribution is -2.44. The summed E-state index contributed by atoms with van der Waals surface area (Å²) in [6.45, 7) is 2.75. The van der Waals surface area contributed by atoms with E-state index in [0.717, 1.165) is 25.7 Å². The first-order chi connectivity index (χ1) is 6.25. The van der Waals surface area contributed by atoms with E-state index in [1.807, 2.05) is 6.92 Å². The maximum absolute atomic E-state index is 11.6. The molecule has 76 valence electrons. The molecule has 0 radical (unpaired) electrons. The molecule has 0 aromatic carbocycles. The molecule has 3 N–H and O–H groups in total. The molecule has 4 nitrogen and oxygen atoms in total. The molecule has 0 aromatic heterocycles. The van der Waals surface area contributed by atoms with Gasteiger partial charge in [-0.2, -0.15) is 0 Å². The lowest BCUT2D eigenvalue weighted by atomic mass is 9.86. The fraction of sp³-hybridized carbons (Fsp3) is 0.889. The Hall–Kier alpha value is -0.610. The molecular weight excluding hydrogens is 168 g/mol. The summed E-state index contributed by atoms with van der Waals surface area (Å²) in [6.07, 6.45) is 3.97. The quantitative estimate of drug-likeness (QED) is 0.631. The topological polar surface area (TPSA) is 64.3 Å². The number of hydrogen-bond donors (Lipinski definition) is 2. The standard InChI is InChI=1S/C9H18N2O2/c1-2-13-11-8(12)9(7-10)5-3-4-6-9/h2-7,10H2,1H3,(H,11,12). The van der Waals surface area contributed by atoms with Crippen LogP contribution >= 0.6 is 0 Å². The van der Waals surface area contributed by atoms with Gasteiger partial charge in [-0.15, -0.1) is 0 Å². The SMILES string of the molecule is CCONC(=O)C1(CN)CCCC1. The van der Waals surface area contributed by atoms with Gasteiger partial charge in [-0.25, -0.2) is 5.48 Å². The third-order valence-corrected chi connectivity index (χ3v) is 2.74. The van der Waals surface area contributed by atoms with Gasteiger partial charge in [-0.1, -0.05) is 12.8 Å². The first kappa shape index (κ1) is 10.5. The minimum Gasteiger partial charge on any atom is -0.329 e. The van der Waals surface area contributed by atoms with Crippen LogP contribution in [0.5, 0.6) is 0 Å². The van der Waals surface area contributed by atoms with Crippen molar-refractivity contribution in [1.29, 1.82) is 0 Å². The Morgan fingerprint density at radius 2 is 2.15 bits per heavy atom. The normalized spacial score (nSPS) is 20.2. The molecule has 13 heavy (non-hydrogen) atoms. The Morgan fingerprint density at radius 3 is 2.62 bits per heavy atom. The maximum atomic E-state index is 11.6. The van der Waals surface area contributed by atoms with Crippen molar-refractivity contribution >= 4 is 5.91 Å². The first-order valence-corrected chi connectivity index (χ1v) is 4.87. The van der Waals surface area contributed by atoms with E-state index in [1.165, 1.54) is 0 Å².